The van der Waals surface area contributed by atoms with Crippen molar-refractivity contribution in [1.82, 2.24) is 0 Å². The van der Waals surface area contributed by atoms with Gasteiger partial charge in [-0.25, -0.2) is 0 Å². The number of furan rings is 1. The Morgan fingerprint density at radius 1 is 0.542 bits per heavy atom. The number of benzene rings is 4. The predicted octanol–water partition coefficient (Wildman–Crippen LogP) is 6.48. The normalized spacial score (nSPS) is 11.3. The summed E-state index contributed by atoms with van der Waals surface area (Å²) >= 11 is 0. The van der Waals surface area contributed by atoms with Crippen LogP contribution in [0.5, 0.6) is 0 Å². The van der Waals surface area contributed by atoms with E-state index in [9.17, 15) is 0 Å². The summed E-state index contributed by atoms with van der Waals surface area (Å²) in [6, 6.07) is 29.0. The zero-order valence-corrected chi connectivity index (χ0v) is 13.0. The highest BCUT2D eigenvalue weighted by molar-refractivity contribution is 6.17. The summed E-state index contributed by atoms with van der Waals surface area (Å²) in [5.41, 5.74) is 3.88. The molecule has 0 bridgehead atoms. The van der Waals surface area contributed by atoms with Crippen LogP contribution in [-0.2, 0) is 0 Å². The van der Waals surface area contributed by atoms with E-state index in [1.165, 1.54) is 5.39 Å². The van der Waals surface area contributed by atoms with Gasteiger partial charge in [-0.05, 0) is 29.7 Å². The average molecular weight is 309 g/mol. The van der Waals surface area contributed by atoms with E-state index in [-0.39, 0.29) is 0 Å². The van der Waals surface area contributed by atoms with Crippen LogP contribution in [0.2, 0.25) is 0 Å². The van der Waals surface area contributed by atoms with Crippen LogP contribution < -0.4 is 5.32 Å². The topological polar surface area (TPSA) is 25.2 Å². The Hall–Kier alpha value is -3.26. The summed E-state index contributed by atoms with van der Waals surface area (Å²) in [7, 11) is 0. The first-order chi connectivity index (χ1) is 11.9. The maximum absolute atomic E-state index is 6.31. The second-order valence-electron chi connectivity index (χ2n) is 5.94. The van der Waals surface area contributed by atoms with E-state index in [0.717, 1.165) is 38.7 Å². The molecular formula is C22H15NO. The Labute approximate surface area is 139 Å². The first-order valence-corrected chi connectivity index (χ1v) is 8.05. The minimum absolute atomic E-state index is 0.896. The molecule has 1 aromatic heterocycles. The number of fused-ring (bicyclic) bond motifs is 5. The zero-order chi connectivity index (χ0) is 15.9. The number of anilines is 2. The van der Waals surface area contributed by atoms with Gasteiger partial charge in [-0.2, -0.15) is 0 Å². The molecule has 0 aliphatic rings. The molecular weight excluding hydrogens is 294 g/mol. The van der Waals surface area contributed by atoms with E-state index in [2.05, 4.69) is 72.0 Å². The van der Waals surface area contributed by atoms with Crippen LogP contribution in [0.3, 0.4) is 0 Å². The highest BCUT2D eigenvalue weighted by atomic mass is 16.3. The molecule has 5 aromatic rings. The molecule has 1 heterocycles. The van der Waals surface area contributed by atoms with Crippen molar-refractivity contribution in [3.8, 4) is 0 Å². The fourth-order valence-corrected chi connectivity index (χ4v) is 3.30. The Bertz CT molecular complexity index is 1170. The molecule has 0 radical (unpaired) electrons. The highest BCUT2D eigenvalue weighted by Crippen LogP contribution is 2.37. The number of rotatable bonds is 2. The molecule has 114 valence electrons. The summed E-state index contributed by atoms with van der Waals surface area (Å²) in [6.45, 7) is 0. The first kappa shape index (κ1) is 13.2. The van der Waals surface area contributed by atoms with E-state index in [4.69, 9.17) is 4.42 Å². The van der Waals surface area contributed by atoms with Gasteiger partial charge in [0.15, 0.2) is 5.58 Å². The van der Waals surface area contributed by atoms with Crippen molar-refractivity contribution in [1.29, 1.82) is 0 Å². The molecule has 0 amide bonds. The number of hydrogen-bond acceptors (Lipinski definition) is 2. The van der Waals surface area contributed by atoms with Crippen molar-refractivity contribution in [3.63, 3.8) is 0 Å². The van der Waals surface area contributed by atoms with Crippen LogP contribution in [0, 0.1) is 0 Å². The minimum Gasteiger partial charge on any atom is -0.453 e. The molecule has 0 aliphatic heterocycles. The molecule has 0 atom stereocenters. The van der Waals surface area contributed by atoms with Crippen LogP contribution in [-0.4, -0.2) is 0 Å². The zero-order valence-electron chi connectivity index (χ0n) is 13.0. The molecule has 0 unspecified atom stereocenters. The van der Waals surface area contributed by atoms with E-state index in [0.29, 0.717) is 0 Å². The van der Waals surface area contributed by atoms with Gasteiger partial charge >= 0.3 is 0 Å². The SMILES string of the molecule is c1ccc(Nc2cccc3c2oc2c4ccccc4ccc32)cc1. The lowest BCUT2D eigenvalue weighted by Crippen LogP contribution is -1.89. The third-order valence-electron chi connectivity index (χ3n) is 4.44. The van der Waals surface area contributed by atoms with Gasteiger partial charge in [-0.1, -0.05) is 60.7 Å². The third kappa shape index (κ3) is 1.97. The van der Waals surface area contributed by atoms with Crippen LogP contribution in [0.25, 0.3) is 32.7 Å². The van der Waals surface area contributed by atoms with Crippen LogP contribution in [0.1, 0.15) is 0 Å². The molecule has 1 N–H and O–H groups in total. The molecule has 0 saturated carbocycles. The predicted molar refractivity (Wildman–Crippen MR) is 101 cm³/mol. The Kier molecular flexibility index (Phi) is 2.83. The van der Waals surface area contributed by atoms with E-state index in [1.807, 2.05) is 18.2 Å². The van der Waals surface area contributed by atoms with Crippen LogP contribution >= 0.6 is 0 Å². The summed E-state index contributed by atoms with van der Waals surface area (Å²) in [4.78, 5) is 0. The number of para-hydroxylation sites is 2. The maximum Gasteiger partial charge on any atom is 0.158 e. The molecule has 5 rings (SSSR count). The lowest BCUT2D eigenvalue weighted by molar-refractivity contribution is 0.674. The van der Waals surface area contributed by atoms with Crippen LogP contribution in [0.4, 0.5) is 11.4 Å². The summed E-state index contributed by atoms with van der Waals surface area (Å²) in [6.07, 6.45) is 0. The van der Waals surface area contributed by atoms with E-state index < -0.39 is 0 Å². The summed E-state index contributed by atoms with van der Waals surface area (Å²) in [5, 5.41) is 8.10. The summed E-state index contributed by atoms with van der Waals surface area (Å²) in [5.74, 6) is 0. The standard InChI is InChI=1S/C22H15NO/c1-2-8-16(9-3-1)23-20-12-6-11-18-19-14-13-15-7-4-5-10-17(15)21(19)24-22(18)20/h1-14,23H. The molecule has 24 heavy (non-hydrogen) atoms. The molecule has 0 spiro atoms. The van der Waals surface area contributed by atoms with Crippen molar-refractivity contribution in [2.75, 3.05) is 5.32 Å². The number of hydrogen-bond donors (Lipinski definition) is 1. The van der Waals surface area contributed by atoms with Gasteiger partial charge in [0.05, 0.1) is 5.69 Å². The maximum atomic E-state index is 6.31. The third-order valence-corrected chi connectivity index (χ3v) is 4.44. The summed E-state index contributed by atoms with van der Waals surface area (Å²) < 4.78 is 6.31. The molecule has 2 heteroatoms. The van der Waals surface area contributed by atoms with E-state index >= 15 is 0 Å². The minimum atomic E-state index is 0.896. The second-order valence-corrected chi connectivity index (χ2v) is 5.94. The lowest BCUT2D eigenvalue weighted by atomic mass is 10.1. The molecule has 2 nitrogen and oxygen atoms in total. The smallest absolute Gasteiger partial charge is 0.158 e. The Morgan fingerprint density at radius 2 is 1.29 bits per heavy atom. The Morgan fingerprint density at radius 3 is 2.21 bits per heavy atom. The van der Waals surface area contributed by atoms with Gasteiger partial charge in [0, 0.05) is 21.8 Å². The fourth-order valence-electron chi connectivity index (χ4n) is 3.30. The van der Waals surface area contributed by atoms with Crippen molar-refractivity contribution < 1.29 is 4.42 Å². The second kappa shape index (κ2) is 5.14. The van der Waals surface area contributed by atoms with Crippen molar-refractivity contribution >= 4 is 44.1 Å². The van der Waals surface area contributed by atoms with Gasteiger partial charge in [0.1, 0.15) is 5.58 Å². The fraction of sp³-hybridized carbons (Fsp3) is 0. The van der Waals surface area contributed by atoms with Crippen molar-refractivity contribution in [2.45, 2.75) is 0 Å². The quantitative estimate of drug-likeness (QED) is 0.403. The van der Waals surface area contributed by atoms with E-state index in [1.54, 1.807) is 0 Å². The monoisotopic (exact) mass is 309 g/mol. The number of nitrogens with one attached hydrogen (secondary N) is 1. The first-order valence-electron chi connectivity index (χ1n) is 8.05. The van der Waals surface area contributed by atoms with Crippen molar-refractivity contribution in [2.24, 2.45) is 0 Å². The van der Waals surface area contributed by atoms with Crippen LogP contribution in [0.15, 0.2) is 89.3 Å². The largest absolute Gasteiger partial charge is 0.453 e. The Balaban J connectivity index is 1.79. The van der Waals surface area contributed by atoms with Crippen molar-refractivity contribution in [3.05, 3.63) is 84.9 Å². The van der Waals surface area contributed by atoms with Gasteiger partial charge in [0.25, 0.3) is 0 Å². The molecule has 0 saturated heterocycles. The van der Waals surface area contributed by atoms with Gasteiger partial charge in [-0.15, -0.1) is 0 Å². The molecule has 0 fully saturated rings. The highest BCUT2D eigenvalue weighted by Gasteiger charge is 2.12. The molecule has 4 aromatic carbocycles. The van der Waals surface area contributed by atoms with Gasteiger partial charge < -0.3 is 9.73 Å². The van der Waals surface area contributed by atoms with Gasteiger partial charge in [0.2, 0.25) is 0 Å². The molecule has 0 aliphatic carbocycles. The average Bonchev–Trinajstić information content (AvgIpc) is 3.03. The van der Waals surface area contributed by atoms with Gasteiger partial charge in [-0.3, -0.25) is 0 Å². The lowest BCUT2D eigenvalue weighted by Gasteiger charge is -2.06.